The van der Waals surface area contributed by atoms with Crippen LogP contribution in [0.25, 0.3) is 0 Å². The second-order valence-electron chi connectivity index (χ2n) is 7.94. The first-order valence-corrected chi connectivity index (χ1v) is 11.4. The molecule has 0 N–H and O–H groups in total. The number of nitrogens with zero attached hydrogens (tertiary/aromatic N) is 2. The molecule has 5 heteroatoms. The number of para-hydroxylation sites is 2. The van der Waals surface area contributed by atoms with Gasteiger partial charge in [0.05, 0.1) is 0 Å². The van der Waals surface area contributed by atoms with Gasteiger partial charge in [0.1, 0.15) is 6.61 Å². The maximum atomic E-state index is 6.13. The lowest BCUT2D eigenvalue weighted by Crippen LogP contribution is -2.41. The minimum atomic E-state index is -0.0299. The van der Waals surface area contributed by atoms with Crippen molar-refractivity contribution < 1.29 is 9.47 Å². The minimum Gasteiger partial charge on any atom is -0.485 e. The maximum Gasteiger partial charge on any atom is 0.162 e. The zero-order valence-electron chi connectivity index (χ0n) is 16.3. The first-order valence-electron chi connectivity index (χ1n) is 10.4. The van der Waals surface area contributed by atoms with E-state index in [0.29, 0.717) is 6.61 Å². The monoisotopic (exact) mass is 396 g/mol. The Morgan fingerprint density at radius 3 is 2.46 bits per heavy atom. The second-order valence-corrected chi connectivity index (χ2v) is 9.08. The van der Waals surface area contributed by atoms with Crippen LogP contribution in [0.15, 0.2) is 48.5 Å². The molecule has 0 bridgehead atoms. The molecular weight excluding hydrogens is 368 g/mol. The van der Waals surface area contributed by atoms with Crippen LogP contribution < -0.4 is 9.47 Å². The van der Waals surface area contributed by atoms with E-state index in [4.69, 9.17) is 9.47 Å². The van der Waals surface area contributed by atoms with Gasteiger partial charge in [-0.3, -0.25) is 4.90 Å². The molecule has 0 radical (unpaired) electrons. The van der Waals surface area contributed by atoms with Crippen LogP contribution in [0.4, 0.5) is 0 Å². The van der Waals surface area contributed by atoms with Gasteiger partial charge in [-0.1, -0.05) is 48.3 Å². The quantitative estimate of drug-likeness (QED) is 0.708. The van der Waals surface area contributed by atoms with Crippen molar-refractivity contribution in [2.75, 3.05) is 32.0 Å². The smallest absolute Gasteiger partial charge is 0.162 e. The molecule has 2 aromatic rings. The lowest BCUT2D eigenvalue weighted by Gasteiger charge is -2.36. The summed E-state index contributed by atoms with van der Waals surface area (Å²) in [5.41, 5.74) is 2.57. The van der Waals surface area contributed by atoms with Crippen LogP contribution >= 0.6 is 11.9 Å². The standard InChI is InChI=1S/C23H28N2O2S/c1-2-5-22-21(4-1)26-17-23(27-22)19-8-6-18(7-9-19)16-24-13-10-20(11-14-24)25-12-3-15-28-25/h1-2,4-9,20,23H,3,10-17H2. The van der Waals surface area contributed by atoms with Crippen LogP contribution in [0, 0.1) is 0 Å². The van der Waals surface area contributed by atoms with Gasteiger partial charge in [0.2, 0.25) is 0 Å². The second kappa shape index (κ2) is 8.36. The Labute approximate surface area is 171 Å². The number of rotatable bonds is 4. The predicted molar refractivity (Wildman–Crippen MR) is 114 cm³/mol. The summed E-state index contributed by atoms with van der Waals surface area (Å²) in [4.78, 5) is 2.60. The van der Waals surface area contributed by atoms with Gasteiger partial charge in [-0.15, -0.1) is 0 Å². The Hall–Kier alpha value is -1.69. The highest BCUT2D eigenvalue weighted by Gasteiger charge is 2.27. The summed E-state index contributed by atoms with van der Waals surface area (Å²) in [5, 5.41) is 0. The van der Waals surface area contributed by atoms with Crippen molar-refractivity contribution in [1.82, 2.24) is 9.21 Å². The molecule has 3 aliphatic heterocycles. The molecule has 0 saturated carbocycles. The largest absolute Gasteiger partial charge is 0.485 e. The van der Waals surface area contributed by atoms with Crippen LogP contribution in [0.2, 0.25) is 0 Å². The van der Waals surface area contributed by atoms with Crippen LogP contribution in [0.1, 0.15) is 36.5 Å². The molecule has 0 aromatic heterocycles. The van der Waals surface area contributed by atoms with E-state index in [1.807, 2.05) is 24.3 Å². The minimum absolute atomic E-state index is 0.0299. The average molecular weight is 397 g/mol. The first kappa shape index (κ1) is 18.3. The Morgan fingerprint density at radius 2 is 1.71 bits per heavy atom. The lowest BCUT2D eigenvalue weighted by molar-refractivity contribution is 0.0912. The Balaban J connectivity index is 1.15. The van der Waals surface area contributed by atoms with E-state index in [1.54, 1.807) is 0 Å². The van der Waals surface area contributed by atoms with E-state index in [1.165, 1.54) is 55.8 Å². The number of benzene rings is 2. The number of hydrogen-bond donors (Lipinski definition) is 0. The summed E-state index contributed by atoms with van der Waals surface area (Å²) < 4.78 is 14.6. The van der Waals surface area contributed by atoms with E-state index < -0.39 is 0 Å². The van der Waals surface area contributed by atoms with Gasteiger partial charge >= 0.3 is 0 Å². The van der Waals surface area contributed by atoms with E-state index in [9.17, 15) is 0 Å². The molecule has 2 fully saturated rings. The summed E-state index contributed by atoms with van der Waals surface area (Å²) in [6.07, 6.45) is 3.94. The van der Waals surface area contributed by atoms with E-state index >= 15 is 0 Å². The molecule has 1 unspecified atom stereocenters. The summed E-state index contributed by atoms with van der Waals surface area (Å²) in [5.74, 6) is 2.99. The highest BCUT2D eigenvalue weighted by Crippen LogP contribution is 2.36. The molecule has 2 aromatic carbocycles. The number of ether oxygens (including phenoxy) is 2. The average Bonchev–Trinajstić information content (AvgIpc) is 3.29. The van der Waals surface area contributed by atoms with E-state index in [0.717, 1.165) is 24.1 Å². The van der Waals surface area contributed by atoms with Crippen LogP contribution in [0.3, 0.4) is 0 Å². The SMILES string of the molecule is c1ccc2c(c1)OCC(c1ccc(CN3CCC(N4CCCS4)CC3)cc1)O2. The third kappa shape index (κ3) is 4.02. The zero-order chi connectivity index (χ0) is 18.8. The highest BCUT2D eigenvalue weighted by atomic mass is 32.2. The molecule has 0 aliphatic carbocycles. The fraction of sp³-hybridized carbons (Fsp3) is 0.478. The predicted octanol–water partition coefficient (Wildman–Crippen LogP) is 4.52. The third-order valence-electron chi connectivity index (χ3n) is 6.01. The number of piperidine rings is 1. The van der Waals surface area contributed by atoms with E-state index in [2.05, 4.69) is 45.4 Å². The first-order chi connectivity index (χ1) is 13.8. The van der Waals surface area contributed by atoms with Crippen LogP contribution in [-0.4, -0.2) is 47.2 Å². The lowest BCUT2D eigenvalue weighted by atomic mass is 10.0. The van der Waals surface area contributed by atoms with Crippen molar-refractivity contribution in [2.24, 2.45) is 0 Å². The fourth-order valence-electron chi connectivity index (χ4n) is 4.40. The molecular formula is C23H28N2O2S. The number of hydrogen-bond acceptors (Lipinski definition) is 5. The van der Waals surface area contributed by atoms with Gasteiger partial charge < -0.3 is 9.47 Å². The van der Waals surface area contributed by atoms with Gasteiger partial charge in [-0.05, 0) is 42.5 Å². The molecule has 0 amide bonds. The number of likely N-dealkylation sites (tertiary alicyclic amines) is 1. The molecule has 28 heavy (non-hydrogen) atoms. The van der Waals surface area contributed by atoms with Crippen LogP contribution in [-0.2, 0) is 6.54 Å². The topological polar surface area (TPSA) is 24.9 Å². The molecule has 5 rings (SSSR count). The normalized spacial score (nSPS) is 23.8. The van der Waals surface area contributed by atoms with Crippen molar-refractivity contribution in [3.63, 3.8) is 0 Å². The molecule has 2 saturated heterocycles. The molecule has 3 heterocycles. The Morgan fingerprint density at radius 1 is 0.929 bits per heavy atom. The van der Waals surface area contributed by atoms with Gasteiger partial charge in [-0.2, -0.15) is 0 Å². The van der Waals surface area contributed by atoms with Gasteiger partial charge in [-0.25, -0.2) is 4.31 Å². The van der Waals surface area contributed by atoms with Crippen molar-refractivity contribution in [3.8, 4) is 11.5 Å². The summed E-state index contributed by atoms with van der Waals surface area (Å²) in [6, 6.07) is 17.6. The molecule has 1 atom stereocenters. The third-order valence-corrected chi connectivity index (χ3v) is 7.29. The highest BCUT2D eigenvalue weighted by molar-refractivity contribution is 7.97. The summed E-state index contributed by atoms with van der Waals surface area (Å²) >= 11 is 2.06. The Bertz CT molecular complexity index is 783. The molecule has 148 valence electrons. The van der Waals surface area contributed by atoms with Gasteiger partial charge in [0.15, 0.2) is 17.6 Å². The summed E-state index contributed by atoms with van der Waals surface area (Å²) in [7, 11) is 0. The maximum absolute atomic E-state index is 6.13. The molecule has 3 aliphatic rings. The van der Waals surface area contributed by atoms with Crippen molar-refractivity contribution in [2.45, 2.75) is 38.0 Å². The summed E-state index contributed by atoms with van der Waals surface area (Å²) in [6.45, 7) is 5.32. The number of fused-ring (bicyclic) bond motifs is 1. The van der Waals surface area contributed by atoms with Crippen molar-refractivity contribution in [1.29, 1.82) is 0 Å². The Kier molecular flexibility index (Phi) is 5.47. The van der Waals surface area contributed by atoms with Crippen molar-refractivity contribution in [3.05, 3.63) is 59.7 Å². The molecule has 0 spiro atoms. The van der Waals surface area contributed by atoms with Gasteiger partial charge in [0, 0.05) is 38.0 Å². The molecule has 4 nitrogen and oxygen atoms in total. The van der Waals surface area contributed by atoms with Crippen LogP contribution in [0.5, 0.6) is 11.5 Å². The zero-order valence-corrected chi connectivity index (χ0v) is 17.1. The fourth-order valence-corrected chi connectivity index (χ4v) is 5.57. The van der Waals surface area contributed by atoms with E-state index in [-0.39, 0.29) is 6.10 Å². The van der Waals surface area contributed by atoms with Gasteiger partial charge in [0.25, 0.3) is 0 Å². The van der Waals surface area contributed by atoms with Crippen molar-refractivity contribution >= 4 is 11.9 Å².